The van der Waals surface area contributed by atoms with Gasteiger partial charge in [-0.05, 0) is 46.0 Å². The second kappa shape index (κ2) is 7.74. The fourth-order valence-electron chi connectivity index (χ4n) is 5.34. The minimum Gasteiger partial charge on any atom is -0.355 e. The fourth-order valence-corrected chi connectivity index (χ4v) is 6.87. The number of carbonyl (C=O) groups excluding carboxylic acids is 1. The number of fused-ring (bicyclic) bond motifs is 1. The van der Waals surface area contributed by atoms with E-state index in [1.807, 2.05) is 5.38 Å². The van der Waals surface area contributed by atoms with Gasteiger partial charge in [0.25, 0.3) is 0 Å². The van der Waals surface area contributed by atoms with Gasteiger partial charge in [0.2, 0.25) is 5.91 Å². The first-order valence-corrected chi connectivity index (χ1v) is 12.5. The lowest BCUT2D eigenvalue weighted by Gasteiger charge is -2.45. The standard InChI is InChI=1S/C26H22N2OS2/c29-24(12-18-15-31-26(28-18)16-9-10-30-14-16)27-13-17-11-23-19-5-1-3-7-21(19)25(17)22-8-4-2-6-20(22)23/h1-10,14-15,17,23,25H,11-13H2,(H,27,29). The Morgan fingerprint density at radius 1 is 0.968 bits per heavy atom. The third-order valence-electron chi connectivity index (χ3n) is 6.65. The second-order valence-corrected chi connectivity index (χ2v) is 10.1. The predicted octanol–water partition coefficient (Wildman–Crippen LogP) is 5.83. The van der Waals surface area contributed by atoms with E-state index in [2.05, 4.69) is 75.7 Å². The zero-order chi connectivity index (χ0) is 20.8. The molecule has 1 unspecified atom stereocenters. The molecule has 5 heteroatoms. The van der Waals surface area contributed by atoms with Gasteiger partial charge in [-0.25, -0.2) is 4.98 Å². The number of nitrogens with one attached hydrogen (secondary N) is 1. The number of carbonyl (C=O) groups is 1. The fraction of sp³-hybridized carbons (Fsp3) is 0.231. The largest absolute Gasteiger partial charge is 0.355 e. The highest BCUT2D eigenvalue weighted by atomic mass is 32.1. The molecule has 0 spiro atoms. The summed E-state index contributed by atoms with van der Waals surface area (Å²) >= 11 is 3.27. The molecule has 1 atom stereocenters. The topological polar surface area (TPSA) is 42.0 Å². The van der Waals surface area contributed by atoms with E-state index in [4.69, 9.17) is 0 Å². The molecule has 2 aromatic heterocycles. The van der Waals surface area contributed by atoms with E-state index >= 15 is 0 Å². The van der Waals surface area contributed by atoms with Gasteiger partial charge in [-0.15, -0.1) is 11.3 Å². The van der Waals surface area contributed by atoms with Gasteiger partial charge in [0.1, 0.15) is 5.01 Å². The first-order chi connectivity index (χ1) is 15.3. The Hall–Kier alpha value is -2.76. The average molecular weight is 443 g/mol. The molecule has 7 rings (SSSR count). The quantitative estimate of drug-likeness (QED) is 0.423. The third-order valence-corrected chi connectivity index (χ3v) is 8.27. The van der Waals surface area contributed by atoms with Gasteiger partial charge in [0, 0.05) is 34.7 Å². The molecular formula is C26H22N2OS2. The first-order valence-electron chi connectivity index (χ1n) is 10.7. The van der Waals surface area contributed by atoms with Gasteiger partial charge in [0.05, 0.1) is 12.1 Å². The Labute approximate surface area is 189 Å². The summed E-state index contributed by atoms with van der Waals surface area (Å²) in [6, 6.07) is 19.8. The minimum absolute atomic E-state index is 0.0604. The van der Waals surface area contributed by atoms with Crippen LogP contribution in [0.4, 0.5) is 0 Å². The van der Waals surface area contributed by atoms with E-state index in [-0.39, 0.29) is 5.91 Å². The maximum atomic E-state index is 12.7. The molecular weight excluding hydrogens is 420 g/mol. The zero-order valence-electron chi connectivity index (χ0n) is 17.0. The number of thiazole rings is 1. The van der Waals surface area contributed by atoms with Crippen LogP contribution in [0, 0.1) is 5.92 Å². The number of hydrogen-bond acceptors (Lipinski definition) is 4. The molecule has 0 fully saturated rings. The van der Waals surface area contributed by atoms with Crippen LogP contribution in [0.2, 0.25) is 0 Å². The van der Waals surface area contributed by atoms with Crippen LogP contribution in [0.15, 0.2) is 70.7 Å². The van der Waals surface area contributed by atoms with Gasteiger partial charge in [-0.2, -0.15) is 11.3 Å². The zero-order valence-corrected chi connectivity index (χ0v) is 18.6. The van der Waals surface area contributed by atoms with Crippen molar-refractivity contribution >= 4 is 28.6 Å². The van der Waals surface area contributed by atoms with Crippen LogP contribution in [0.5, 0.6) is 0 Å². The summed E-state index contributed by atoms with van der Waals surface area (Å²) in [7, 11) is 0. The molecule has 3 nitrogen and oxygen atoms in total. The van der Waals surface area contributed by atoms with Crippen molar-refractivity contribution < 1.29 is 4.79 Å². The lowest BCUT2D eigenvalue weighted by atomic mass is 9.59. The molecule has 4 aromatic rings. The lowest BCUT2D eigenvalue weighted by molar-refractivity contribution is -0.120. The molecule has 0 aliphatic heterocycles. The molecule has 2 bridgehead atoms. The van der Waals surface area contributed by atoms with E-state index in [9.17, 15) is 4.79 Å². The van der Waals surface area contributed by atoms with Crippen molar-refractivity contribution in [3.05, 3.63) is 98.7 Å². The number of amides is 1. The summed E-state index contributed by atoms with van der Waals surface area (Å²) in [6.45, 7) is 0.712. The van der Waals surface area contributed by atoms with Crippen molar-refractivity contribution in [2.45, 2.75) is 24.7 Å². The monoisotopic (exact) mass is 442 g/mol. The smallest absolute Gasteiger partial charge is 0.226 e. The van der Waals surface area contributed by atoms with Crippen LogP contribution in [0.25, 0.3) is 10.6 Å². The lowest BCUT2D eigenvalue weighted by Crippen LogP contribution is -2.39. The average Bonchev–Trinajstić information content (AvgIpc) is 3.50. The highest BCUT2D eigenvalue weighted by Gasteiger charge is 2.42. The van der Waals surface area contributed by atoms with Crippen molar-refractivity contribution in [1.29, 1.82) is 0 Å². The SMILES string of the molecule is O=C(Cc1csc(-c2ccsc2)n1)NCC1CC2c3ccccc3C1c1ccccc12. The van der Waals surface area contributed by atoms with Crippen molar-refractivity contribution in [2.24, 2.45) is 5.92 Å². The summed E-state index contributed by atoms with van der Waals surface area (Å²) in [5.41, 5.74) is 7.81. The number of thiophene rings is 1. The molecule has 0 saturated heterocycles. The van der Waals surface area contributed by atoms with Gasteiger partial charge in [-0.1, -0.05) is 48.5 Å². The molecule has 31 heavy (non-hydrogen) atoms. The van der Waals surface area contributed by atoms with E-state index < -0.39 is 0 Å². The molecule has 3 aliphatic carbocycles. The second-order valence-electron chi connectivity index (χ2n) is 8.42. The number of benzene rings is 2. The number of rotatable bonds is 5. The Kier molecular flexibility index (Phi) is 4.73. The Balaban J connectivity index is 1.17. The van der Waals surface area contributed by atoms with E-state index in [1.165, 1.54) is 22.3 Å². The van der Waals surface area contributed by atoms with Crippen molar-refractivity contribution in [3.63, 3.8) is 0 Å². The summed E-state index contributed by atoms with van der Waals surface area (Å²) in [6.07, 6.45) is 1.44. The predicted molar refractivity (Wildman–Crippen MR) is 127 cm³/mol. The van der Waals surface area contributed by atoms with Crippen molar-refractivity contribution in [2.75, 3.05) is 6.54 Å². The van der Waals surface area contributed by atoms with E-state index in [0.717, 1.165) is 22.7 Å². The van der Waals surface area contributed by atoms with Crippen LogP contribution >= 0.6 is 22.7 Å². The maximum absolute atomic E-state index is 12.7. The Bertz CT molecular complexity index is 1200. The first kappa shape index (κ1) is 19.0. The van der Waals surface area contributed by atoms with Gasteiger partial charge >= 0.3 is 0 Å². The molecule has 154 valence electrons. The summed E-state index contributed by atoms with van der Waals surface area (Å²) in [5.74, 6) is 1.29. The van der Waals surface area contributed by atoms with Gasteiger partial charge < -0.3 is 5.32 Å². The van der Waals surface area contributed by atoms with E-state index in [0.29, 0.717) is 30.7 Å². The molecule has 1 amide bonds. The number of hydrogen-bond donors (Lipinski definition) is 1. The maximum Gasteiger partial charge on any atom is 0.226 e. The Morgan fingerprint density at radius 2 is 1.68 bits per heavy atom. The highest BCUT2D eigenvalue weighted by molar-refractivity contribution is 7.14. The normalized spacial score (nSPS) is 20.8. The van der Waals surface area contributed by atoms with Gasteiger partial charge in [0.15, 0.2) is 0 Å². The molecule has 0 radical (unpaired) electrons. The molecule has 2 heterocycles. The van der Waals surface area contributed by atoms with Gasteiger partial charge in [-0.3, -0.25) is 4.79 Å². The van der Waals surface area contributed by atoms with Crippen molar-refractivity contribution in [3.8, 4) is 10.6 Å². The molecule has 3 aliphatic rings. The summed E-state index contributed by atoms with van der Waals surface area (Å²) in [4.78, 5) is 17.4. The number of aromatic nitrogens is 1. The molecule has 1 N–H and O–H groups in total. The summed E-state index contributed by atoms with van der Waals surface area (Å²) < 4.78 is 0. The van der Waals surface area contributed by atoms with Crippen LogP contribution < -0.4 is 5.32 Å². The number of nitrogens with zero attached hydrogens (tertiary/aromatic N) is 1. The van der Waals surface area contributed by atoms with E-state index in [1.54, 1.807) is 22.7 Å². The van der Waals surface area contributed by atoms with Crippen molar-refractivity contribution in [1.82, 2.24) is 10.3 Å². The van der Waals surface area contributed by atoms with Crippen LogP contribution in [0.1, 0.15) is 46.2 Å². The van der Waals surface area contributed by atoms with Crippen LogP contribution in [-0.2, 0) is 11.2 Å². The summed E-state index contributed by atoms with van der Waals surface area (Å²) in [5, 5.41) is 10.4. The Morgan fingerprint density at radius 3 is 2.35 bits per heavy atom. The molecule has 0 saturated carbocycles. The van der Waals surface area contributed by atoms with Crippen LogP contribution in [0.3, 0.4) is 0 Å². The van der Waals surface area contributed by atoms with Crippen LogP contribution in [-0.4, -0.2) is 17.4 Å². The molecule has 2 aromatic carbocycles. The highest BCUT2D eigenvalue weighted by Crippen LogP contribution is 2.55. The third kappa shape index (κ3) is 3.33. The minimum atomic E-state index is 0.0604.